The van der Waals surface area contributed by atoms with Crippen molar-refractivity contribution < 1.29 is 4.79 Å². The summed E-state index contributed by atoms with van der Waals surface area (Å²) in [5, 5.41) is 14.4. The highest BCUT2D eigenvalue weighted by atomic mass is 35.5. The van der Waals surface area contributed by atoms with Gasteiger partial charge < -0.3 is 5.32 Å². The fraction of sp³-hybridized carbons (Fsp3) is 0.400. The number of nitrogens with one attached hydrogen (secondary N) is 1. The van der Waals surface area contributed by atoms with Crippen molar-refractivity contribution in [2.75, 3.05) is 0 Å². The molecular formula is C15H15ClN4OS. The maximum atomic E-state index is 12.3. The molecule has 1 aliphatic rings. The highest BCUT2D eigenvalue weighted by Gasteiger charge is 2.19. The first-order valence-corrected chi connectivity index (χ1v) is 8.48. The van der Waals surface area contributed by atoms with Gasteiger partial charge in [0.1, 0.15) is 11.6 Å². The molecule has 7 heteroatoms. The van der Waals surface area contributed by atoms with Crippen LogP contribution in [-0.2, 0) is 4.79 Å². The molecular weight excluding hydrogens is 320 g/mol. The van der Waals surface area contributed by atoms with Crippen LogP contribution >= 0.6 is 22.9 Å². The van der Waals surface area contributed by atoms with E-state index in [0.29, 0.717) is 10.8 Å². The number of hydrogen-bond donors (Lipinski definition) is 1. The third-order valence-electron chi connectivity index (χ3n) is 3.84. The van der Waals surface area contributed by atoms with Crippen LogP contribution in [0, 0.1) is 11.3 Å². The number of nitriles is 1. The lowest BCUT2D eigenvalue weighted by molar-refractivity contribution is -0.117. The van der Waals surface area contributed by atoms with E-state index in [2.05, 4.69) is 10.3 Å². The highest BCUT2D eigenvalue weighted by molar-refractivity contribution is 7.15. The van der Waals surface area contributed by atoms with E-state index in [9.17, 15) is 10.1 Å². The maximum Gasteiger partial charge on any atom is 0.262 e. The largest absolute Gasteiger partial charge is 0.349 e. The second-order valence-corrected chi connectivity index (χ2v) is 6.55. The zero-order valence-electron chi connectivity index (χ0n) is 11.9. The van der Waals surface area contributed by atoms with Crippen molar-refractivity contribution in [3.63, 3.8) is 0 Å². The Labute approximate surface area is 137 Å². The van der Waals surface area contributed by atoms with Crippen LogP contribution in [-0.4, -0.2) is 21.3 Å². The van der Waals surface area contributed by atoms with Gasteiger partial charge >= 0.3 is 0 Å². The molecule has 22 heavy (non-hydrogen) atoms. The minimum Gasteiger partial charge on any atom is -0.349 e. The minimum atomic E-state index is -0.337. The molecule has 1 N–H and O–H groups in total. The van der Waals surface area contributed by atoms with Crippen LogP contribution in [0.5, 0.6) is 0 Å². The molecule has 114 valence electrons. The van der Waals surface area contributed by atoms with Crippen molar-refractivity contribution in [3.8, 4) is 6.07 Å². The molecule has 3 rings (SSSR count). The third kappa shape index (κ3) is 3.01. The molecule has 1 saturated carbocycles. The Balaban J connectivity index is 1.83. The second kappa shape index (κ2) is 6.51. The maximum absolute atomic E-state index is 12.3. The molecule has 2 aromatic heterocycles. The van der Waals surface area contributed by atoms with Gasteiger partial charge in [0.15, 0.2) is 10.1 Å². The molecule has 1 amide bonds. The van der Waals surface area contributed by atoms with Crippen molar-refractivity contribution in [1.82, 2.24) is 14.7 Å². The summed E-state index contributed by atoms with van der Waals surface area (Å²) in [5.41, 5.74) is 0.619. The number of imidazole rings is 1. The summed E-state index contributed by atoms with van der Waals surface area (Å²) in [6, 6.07) is 2.13. The number of fused-ring (bicyclic) bond motifs is 1. The smallest absolute Gasteiger partial charge is 0.262 e. The van der Waals surface area contributed by atoms with Gasteiger partial charge in [0.05, 0.1) is 5.69 Å². The Hall–Kier alpha value is -1.84. The van der Waals surface area contributed by atoms with Crippen molar-refractivity contribution >= 4 is 39.9 Å². The predicted molar refractivity (Wildman–Crippen MR) is 86.7 cm³/mol. The molecule has 0 bridgehead atoms. The molecule has 2 aromatic rings. The Morgan fingerprint density at radius 2 is 2.27 bits per heavy atom. The standard InChI is InChI=1S/C15H15ClN4OS/c16-13-12(20-6-7-22-15(20)19-13)8-10(9-17)14(21)18-11-4-2-1-3-5-11/h6-8,11H,1-5H2,(H,18,21)/b10-8+. The van der Waals surface area contributed by atoms with Crippen molar-refractivity contribution in [3.05, 3.63) is 28.0 Å². The molecule has 0 saturated heterocycles. The van der Waals surface area contributed by atoms with E-state index in [1.54, 1.807) is 4.40 Å². The Morgan fingerprint density at radius 3 is 3.00 bits per heavy atom. The van der Waals surface area contributed by atoms with E-state index < -0.39 is 0 Å². The van der Waals surface area contributed by atoms with E-state index in [4.69, 9.17) is 11.6 Å². The molecule has 5 nitrogen and oxygen atoms in total. The lowest BCUT2D eigenvalue weighted by Crippen LogP contribution is -2.36. The predicted octanol–water partition coefficient (Wildman–Crippen LogP) is 3.41. The average molecular weight is 335 g/mol. The number of thiazole rings is 1. The number of amides is 1. The molecule has 0 unspecified atom stereocenters. The normalized spacial score (nSPS) is 16.6. The number of nitrogens with zero attached hydrogens (tertiary/aromatic N) is 3. The van der Waals surface area contributed by atoms with Gasteiger partial charge in [-0.05, 0) is 18.9 Å². The van der Waals surface area contributed by atoms with Crippen LogP contribution in [0.2, 0.25) is 5.15 Å². The van der Waals surface area contributed by atoms with Gasteiger partial charge in [-0.1, -0.05) is 30.9 Å². The van der Waals surface area contributed by atoms with Gasteiger partial charge in [-0.3, -0.25) is 9.20 Å². The summed E-state index contributed by atoms with van der Waals surface area (Å²) >= 11 is 7.54. The number of carbonyl (C=O) groups excluding carboxylic acids is 1. The second-order valence-electron chi connectivity index (χ2n) is 5.32. The van der Waals surface area contributed by atoms with Crippen molar-refractivity contribution in [2.24, 2.45) is 0 Å². The SMILES string of the molecule is N#C/C(=C\c1c(Cl)nc2sccn12)C(=O)NC1CCCCC1. The third-order valence-corrected chi connectivity index (χ3v) is 4.88. The summed E-state index contributed by atoms with van der Waals surface area (Å²) in [6.45, 7) is 0. The van der Waals surface area contributed by atoms with E-state index in [-0.39, 0.29) is 17.5 Å². The van der Waals surface area contributed by atoms with Crippen LogP contribution < -0.4 is 5.32 Å². The quantitative estimate of drug-likeness (QED) is 0.690. The number of aromatic nitrogens is 2. The molecule has 0 radical (unpaired) electrons. The van der Waals surface area contributed by atoms with Crippen LogP contribution in [0.4, 0.5) is 0 Å². The van der Waals surface area contributed by atoms with Crippen LogP contribution in [0.25, 0.3) is 11.0 Å². The fourth-order valence-corrected chi connectivity index (χ4v) is 3.70. The van der Waals surface area contributed by atoms with Crippen LogP contribution in [0.1, 0.15) is 37.8 Å². The lowest BCUT2D eigenvalue weighted by atomic mass is 9.95. The van der Waals surface area contributed by atoms with Crippen LogP contribution in [0.15, 0.2) is 17.2 Å². The Kier molecular flexibility index (Phi) is 4.46. The first-order valence-electron chi connectivity index (χ1n) is 7.23. The van der Waals surface area contributed by atoms with Crippen molar-refractivity contribution in [1.29, 1.82) is 5.26 Å². The molecule has 0 aliphatic heterocycles. The molecule has 0 atom stereocenters. The molecule has 2 heterocycles. The summed E-state index contributed by atoms with van der Waals surface area (Å²) in [5.74, 6) is -0.337. The lowest BCUT2D eigenvalue weighted by Gasteiger charge is -2.22. The Morgan fingerprint density at radius 1 is 1.50 bits per heavy atom. The highest BCUT2D eigenvalue weighted by Crippen LogP contribution is 2.24. The molecule has 1 fully saturated rings. The fourth-order valence-electron chi connectivity index (χ4n) is 2.70. The average Bonchev–Trinajstić information content (AvgIpc) is 3.07. The van der Waals surface area contributed by atoms with Gasteiger partial charge in [-0.2, -0.15) is 5.26 Å². The summed E-state index contributed by atoms with van der Waals surface area (Å²) in [7, 11) is 0. The number of halogens is 1. The summed E-state index contributed by atoms with van der Waals surface area (Å²) in [6.07, 6.45) is 8.75. The number of rotatable bonds is 3. The van der Waals surface area contributed by atoms with Gasteiger partial charge in [-0.15, -0.1) is 11.3 Å². The van der Waals surface area contributed by atoms with Crippen molar-refractivity contribution in [2.45, 2.75) is 38.1 Å². The van der Waals surface area contributed by atoms with Gasteiger partial charge in [0.25, 0.3) is 5.91 Å². The van der Waals surface area contributed by atoms with E-state index in [1.165, 1.54) is 23.8 Å². The van der Waals surface area contributed by atoms with E-state index in [1.807, 2.05) is 17.6 Å². The molecule has 0 aromatic carbocycles. The minimum absolute atomic E-state index is 0.0560. The first-order chi connectivity index (χ1) is 10.7. The summed E-state index contributed by atoms with van der Waals surface area (Å²) in [4.78, 5) is 17.2. The van der Waals surface area contributed by atoms with E-state index in [0.717, 1.165) is 30.6 Å². The number of hydrogen-bond acceptors (Lipinski definition) is 4. The zero-order chi connectivity index (χ0) is 15.5. The molecule has 1 aliphatic carbocycles. The Bertz CT molecular complexity index is 764. The molecule has 0 spiro atoms. The van der Waals surface area contributed by atoms with Gasteiger partial charge in [0.2, 0.25) is 0 Å². The zero-order valence-corrected chi connectivity index (χ0v) is 13.5. The monoisotopic (exact) mass is 334 g/mol. The van der Waals surface area contributed by atoms with Gasteiger partial charge in [-0.25, -0.2) is 4.98 Å². The van der Waals surface area contributed by atoms with Crippen LogP contribution in [0.3, 0.4) is 0 Å². The number of carbonyl (C=O) groups is 1. The summed E-state index contributed by atoms with van der Waals surface area (Å²) < 4.78 is 1.78. The topological polar surface area (TPSA) is 70.2 Å². The first kappa shape index (κ1) is 15.1. The van der Waals surface area contributed by atoms with E-state index >= 15 is 0 Å². The van der Waals surface area contributed by atoms with Gasteiger partial charge in [0, 0.05) is 17.6 Å².